The van der Waals surface area contributed by atoms with Gasteiger partial charge in [-0.05, 0) is 31.0 Å². The van der Waals surface area contributed by atoms with Crippen molar-refractivity contribution in [1.29, 1.82) is 0 Å². The van der Waals surface area contributed by atoms with E-state index in [1.165, 1.54) is 0 Å². The average Bonchev–Trinajstić information content (AvgIpc) is 2.40. The van der Waals surface area contributed by atoms with Crippen molar-refractivity contribution in [2.75, 3.05) is 21.7 Å². The quantitative estimate of drug-likeness (QED) is 0.759. The van der Waals surface area contributed by atoms with Crippen molar-refractivity contribution < 1.29 is 13.2 Å². The van der Waals surface area contributed by atoms with Gasteiger partial charge in [0.1, 0.15) is 0 Å². The lowest BCUT2D eigenvalue weighted by Gasteiger charge is -2.12. The van der Waals surface area contributed by atoms with Crippen molar-refractivity contribution in [3.63, 3.8) is 0 Å². The van der Waals surface area contributed by atoms with Gasteiger partial charge in [-0.25, -0.2) is 8.42 Å². The van der Waals surface area contributed by atoms with E-state index >= 15 is 0 Å². The molecule has 0 heterocycles. The molecule has 20 heavy (non-hydrogen) atoms. The van der Waals surface area contributed by atoms with E-state index < -0.39 is 10.0 Å². The Kier molecular flexibility index (Phi) is 6.29. The van der Waals surface area contributed by atoms with Gasteiger partial charge >= 0.3 is 0 Å². The maximum atomic E-state index is 11.8. The number of alkyl halides is 1. The molecular formula is C13H19ClN2O3S. The largest absolute Gasteiger partial charge is 0.326 e. The summed E-state index contributed by atoms with van der Waals surface area (Å²) in [6.07, 6.45) is 0.757. The van der Waals surface area contributed by atoms with Crippen LogP contribution in [0.2, 0.25) is 0 Å². The van der Waals surface area contributed by atoms with E-state index in [4.69, 9.17) is 11.6 Å². The zero-order valence-electron chi connectivity index (χ0n) is 11.6. The predicted octanol–water partition coefficient (Wildman–Crippen LogP) is 2.71. The van der Waals surface area contributed by atoms with Crippen molar-refractivity contribution >= 4 is 38.9 Å². The predicted molar refractivity (Wildman–Crippen MR) is 82.8 cm³/mol. The second-order valence-electron chi connectivity index (χ2n) is 4.39. The summed E-state index contributed by atoms with van der Waals surface area (Å²) in [5, 5.41) is 2.69. The fourth-order valence-corrected chi connectivity index (χ4v) is 3.00. The van der Waals surface area contributed by atoms with Gasteiger partial charge in [-0.1, -0.05) is 13.0 Å². The first-order valence-corrected chi connectivity index (χ1v) is 8.53. The number of hydrogen-bond donors (Lipinski definition) is 2. The molecule has 1 aromatic carbocycles. The summed E-state index contributed by atoms with van der Waals surface area (Å²) >= 11 is 5.50. The monoisotopic (exact) mass is 318 g/mol. The molecule has 0 aliphatic heterocycles. The highest BCUT2D eigenvalue weighted by atomic mass is 35.5. The third-order valence-electron chi connectivity index (χ3n) is 2.65. The van der Waals surface area contributed by atoms with Gasteiger partial charge in [0.15, 0.2) is 0 Å². The van der Waals surface area contributed by atoms with Crippen LogP contribution in [0, 0.1) is 6.92 Å². The fraction of sp³-hybridized carbons (Fsp3) is 0.462. The Hall–Kier alpha value is -1.27. The Bertz CT molecular complexity index is 573. The van der Waals surface area contributed by atoms with Crippen molar-refractivity contribution in [1.82, 2.24) is 0 Å². The van der Waals surface area contributed by atoms with E-state index in [0.717, 1.165) is 5.56 Å². The van der Waals surface area contributed by atoms with E-state index in [-0.39, 0.29) is 11.7 Å². The molecule has 2 N–H and O–H groups in total. The third-order valence-corrected chi connectivity index (χ3v) is 4.28. The zero-order valence-corrected chi connectivity index (χ0v) is 13.1. The summed E-state index contributed by atoms with van der Waals surface area (Å²) < 4.78 is 26.2. The van der Waals surface area contributed by atoms with E-state index in [0.29, 0.717) is 30.1 Å². The second kappa shape index (κ2) is 7.50. The van der Waals surface area contributed by atoms with E-state index in [1.807, 2.05) is 0 Å². The van der Waals surface area contributed by atoms with E-state index in [2.05, 4.69) is 10.0 Å². The number of aryl methyl sites for hydroxylation is 1. The molecule has 0 saturated heterocycles. The summed E-state index contributed by atoms with van der Waals surface area (Å²) in [6, 6.07) is 5.10. The Labute approximate surface area is 124 Å². The highest BCUT2D eigenvalue weighted by Crippen LogP contribution is 2.21. The average molecular weight is 319 g/mol. The van der Waals surface area contributed by atoms with Gasteiger partial charge in [0.05, 0.1) is 11.4 Å². The van der Waals surface area contributed by atoms with Crippen LogP contribution in [0.5, 0.6) is 0 Å². The van der Waals surface area contributed by atoms with Crippen LogP contribution in [0.1, 0.15) is 25.3 Å². The van der Waals surface area contributed by atoms with Crippen LogP contribution >= 0.6 is 11.6 Å². The van der Waals surface area contributed by atoms with Crippen LogP contribution < -0.4 is 10.0 Å². The summed E-state index contributed by atoms with van der Waals surface area (Å²) in [5.41, 5.74) is 1.82. The first-order valence-electron chi connectivity index (χ1n) is 6.35. The van der Waals surface area contributed by atoms with Crippen molar-refractivity contribution in [3.05, 3.63) is 23.8 Å². The molecule has 5 nitrogen and oxygen atoms in total. The standard InChI is InChI=1S/C13H19ClN2O3S/c1-3-13(17)15-11-6-5-10(2)12(9-11)16-20(18,19)8-4-7-14/h5-6,9,16H,3-4,7-8H2,1-2H3,(H,15,17). The van der Waals surface area contributed by atoms with Gasteiger partial charge in [0.2, 0.25) is 15.9 Å². The van der Waals surface area contributed by atoms with Crippen LogP contribution in [0.15, 0.2) is 18.2 Å². The molecule has 1 amide bonds. The number of carbonyl (C=O) groups excluding carboxylic acids is 1. The van der Waals surface area contributed by atoms with Crippen LogP contribution in [0.3, 0.4) is 0 Å². The number of rotatable bonds is 7. The lowest BCUT2D eigenvalue weighted by atomic mass is 10.2. The van der Waals surface area contributed by atoms with Gasteiger partial charge < -0.3 is 5.32 Å². The minimum absolute atomic E-state index is 0.0263. The molecule has 0 fully saturated rings. The molecule has 0 bridgehead atoms. The number of amides is 1. The summed E-state index contributed by atoms with van der Waals surface area (Å²) in [7, 11) is -3.42. The minimum Gasteiger partial charge on any atom is -0.326 e. The summed E-state index contributed by atoms with van der Waals surface area (Å²) in [6.45, 7) is 3.55. The molecule has 0 atom stereocenters. The number of sulfonamides is 1. The summed E-state index contributed by atoms with van der Waals surface area (Å²) in [5.74, 6) is 0.151. The molecule has 1 aromatic rings. The van der Waals surface area contributed by atoms with Crippen LogP contribution in [0.4, 0.5) is 11.4 Å². The molecule has 0 spiro atoms. The third kappa shape index (κ3) is 5.38. The van der Waals surface area contributed by atoms with Crippen molar-refractivity contribution in [2.45, 2.75) is 26.7 Å². The Balaban J connectivity index is 2.89. The number of halogens is 1. The Morgan fingerprint density at radius 3 is 2.65 bits per heavy atom. The van der Waals surface area contributed by atoms with Crippen molar-refractivity contribution in [3.8, 4) is 0 Å². The summed E-state index contributed by atoms with van der Waals surface area (Å²) in [4.78, 5) is 11.3. The van der Waals surface area contributed by atoms with Crippen LogP contribution in [-0.4, -0.2) is 26.0 Å². The maximum absolute atomic E-state index is 11.8. The lowest BCUT2D eigenvalue weighted by molar-refractivity contribution is -0.115. The molecule has 0 aliphatic carbocycles. The molecule has 1 rings (SSSR count). The maximum Gasteiger partial charge on any atom is 0.232 e. The van der Waals surface area contributed by atoms with E-state index in [1.54, 1.807) is 32.0 Å². The number of anilines is 2. The Morgan fingerprint density at radius 2 is 2.05 bits per heavy atom. The number of hydrogen-bond acceptors (Lipinski definition) is 3. The molecule has 0 aliphatic rings. The minimum atomic E-state index is -3.42. The number of carbonyl (C=O) groups is 1. The lowest BCUT2D eigenvalue weighted by Crippen LogP contribution is -2.18. The van der Waals surface area contributed by atoms with Gasteiger partial charge in [0, 0.05) is 18.0 Å². The second-order valence-corrected chi connectivity index (χ2v) is 6.61. The highest BCUT2D eigenvalue weighted by Gasteiger charge is 2.12. The van der Waals surface area contributed by atoms with Gasteiger partial charge in [-0.15, -0.1) is 11.6 Å². The van der Waals surface area contributed by atoms with Gasteiger partial charge in [-0.2, -0.15) is 0 Å². The molecule has 7 heteroatoms. The SMILES string of the molecule is CCC(=O)Nc1ccc(C)c(NS(=O)(=O)CCCCl)c1. The molecule has 0 saturated carbocycles. The van der Waals surface area contributed by atoms with Gasteiger partial charge in [-0.3, -0.25) is 9.52 Å². The topological polar surface area (TPSA) is 75.3 Å². The van der Waals surface area contributed by atoms with Crippen LogP contribution in [-0.2, 0) is 14.8 Å². The fourth-order valence-electron chi connectivity index (χ4n) is 1.52. The number of benzene rings is 1. The molecule has 0 aromatic heterocycles. The number of nitrogens with one attached hydrogen (secondary N) is 2. The molecular weight excluding hydrogens is 300 g/mol. The first-order chi connectivity index (χ1) is 9.38. The first kappa shape index (κ1) is 16.8. The van der Waals surface area contributed by atoms with Crippen LogP contribution in [0.25, 0.3) is 0 Å². The highest BCUT2D eigenvalue weighted by molar-refractivity contribution is 7.92. The molecule has 112 valence electrons. The normalized spacial score (nSPS) is 11.2. The zero-order chi connectivity index (χ0) is 15.2. The smallest absolute Gasteiger partial charge is 0.232 e. The molecule has 0 unspecified atom stereocenters. The molecule has 0 radical (unpaired) electrons. The van der Waals surface area contributed by atoms with Crippen molar-refractivity contribution in [2.24, 2.45) is 0 Å². The van der Waals surface area contributed by atoms with Gasteiger partial charge in [0.25, 0.3) is 0 Å². The van der Waals surface area contributed by atoms with E-state index in [9.17, 15) is 13.2 Å². The Morgan fingerprint density at radius 1 is 1.35 bits per heavy atom.